The number of esters is 1. The quantitative estimate of drug-likeness (QED) is 0.673. The van der Waals surface area contributed by atoms with Crippen molar-refractivity contribution in [1.82, 2.24) is 4.90 Å². The van der Waals surface area contributed by atoms with Gasteiger partial charge in [0.2, 0.25) is 10.0 Å². The van der Waals surface area contributed by atoms with Crippen molar-refractivity contribution in [1.29, 1.82) is 0 Å². The molecule has 1 aromatic carbocycles. The Kier molecular flexibility index (Phi) is 6.43. The van der Waals surface area contributed by atoms with Gasteiger partial charge in [0, 0.05) is 18.1 Å². The highest BCUT2D eigenvalue weighted by Gasteiger charge is 2.33. The second-order valence-corrected chi connectivity index (χ2v) is 9.80. The van der Waals surface area contributed by atoms with E-state index in [1.54, 1.807) is 24.0 Å². The molecule has 8 heteroatoms. The first-order chi connectivity index (χ1) is 12.8. The summed E-state index contributed by atoms with van der Waals surface area (Å²) >= 11 is 0. The predicted molar refractivity (Wildman–Crippen MR) is 109 cm³/mol. The lowest BCUT2D eigenvalue weighted by Crippen LogP contribution is -2.47. The standard InChI is InChI=1S/C20H30N2O5S/c1-12(2)21(13(3)4)19(23)15(6)27-20(24)16-8-9-18-17(11-16)10-14(5)22(18)28(7,25)26/h8-9,11-15H,10H2,1-7H3/t14-,15-/m0/s1. The van der Waals surface area contributed by atoms with E-state index in [2.05, 4.69) is 0 Å². The molecule has 0 aliphatic carbocycles. The van der Waals surface area contributed by atoms with Crippen molar-refractivity contribution in [3.63, 3.8) is 0 Å². The summed E-state index contributed by atoms with van der Waals surface area (Å²) < 4.78 is 30.8. The van der Waals surface area contributed by atoms with Crippen molar-refractivity contribution in [2.24, 2.45) is 0 Å². The molecule has 0 radical (unpaired) electrons. The van der Waals surface area contributed by atoms with Crippen LogP contribution in [-0.4, -0.2) is 55.7 Å². The summed E-state index contributed by atoms with van der Waals surface area (Å²) in [6.07, 6.45) is 0.785. The number of sulfonamides is 1. The van der Waals surface area contributed by atoms with E-state index in [-0.39, 0.29) is 24.0 Å². The second-order valence-electron chi connectivity index (χ2n) is 7.94. The molecular weight excluding hydrogens is 380 g/mol. The highest BCUT2D eigenvalue weighted by atomic mass is 32.2. The molecule has 2 rings (SSSR count). The summed E-state index contributed by atoms with van der Waals surface area (Å²) in [7, 11) is -3.39. The topological polar surface area (TPSA) is 84.0 Å². The first kappa shape index (κ1) is 22.2. The molecule has 0 bridgehead atoms. The maximum atomic E-state index is 12.7. The summed E-state index contributed by atoms with van der Waals surface area (Å²) in [6, 6.07) is 4.60. The fourth-order valence-electron chi connectivity index (χ4n) is 3.83. The third kappa shape index (κ3) is 4.48. The van der Waals surface area contributed by atoms with Crippen LogP contribution in [0, 0.1) is 0 Å². The van der Waals surface area contributed by atoms with E-state index >= 15 is 0 Å². The Balaban J connectivity index is 2.19. The predicted octanol–water partition coefficient (Wildman–Crippen LogP) is 2.59. The molecule has 0 saturated heterocycles. The van der Waals surface area contributed by atoms with Gasteiger partial charge in [0.05, 0.1) is 17.5 Å². The molecule has 156 valence electrons. The van der Waals surface area contributed by atoms with Crippen LogP contribution >= 0.6 is 0 Å². The summed E-state index contributed by atoms with van der Waals surface area (Å²) in [5, 5.41) is 0. The molecular formula is C20H30N2O5S. The van der Waals surface area contributed by atoms with Crippen LogP contribution in [0.2, 0.25) is 0 Å². The Morgan fingerprint density at radius 1 is 1.14 bits per heavy atom. The zero-order chi connectivity index (χ0) is 21.4. The Bertz CT molecular complexity index is 855. The van der Waals surface area contributed by atoms with E-state index in [0.717, 1.165) is 5.56 Å². The third-order valence-corrected chi connectivity index (χ3v) is 6.10. The average molecular weight is 411 g/mol. The maximum absolute atomic E-state index is 12.7. The Labute approximate surface area is 167 Å². The fourth-order valence-corrected chi connectivity index (χ4v) is 5.09. The minimum atomic E-state index is -3.39. The third-order valence-electron chi connectivity index (χ3n) is 4.82. The molecule has 28 heavy (non-hydrogen) atoms. The maximum Gasteiger partial charge on any atom is 0.338 e. The fraction of sp³-hybridized carbons (Fsp3) is 0.600. The Morgan fingerprint density at radius 2 is 1.71 bits per heavy atom. The van der Waals surface area contributed by atoms with Gasteiger partial charge in [-0.3, -0.25) is 9.10 Å². The highest BCUT2D eigenvalue weighted by molar-refractivity contribution is 7.92. The number of nitrogens with zero attached hydrogens (tertiary/aromatic N) is 2. The molecule has 0 spiro atoms. The van der Waals surface area contributed by atoms with Crippen LogP contribution in [0.1, 0.15) is 57.5 Å². The van der Waals surface area contributed by atoms with Gasteiger partial charge < -0.3 is 9.64 Å². The van der Waals surface area contributed by atoms with Crippen LogP contribution in [0.4, 0.5) is 5.69 Å². The number of anilines is 1. The van der Waals surface area contributed by atoms with Crippen molar-refractivity contribution in [2.45, 2.75) is 72.2 Å². The van der Waals surface area contributed by atoms with Crippen LogP contribution in [-0.2, 0) is 26.0 Å². The number of hydrogen-bond acceptors (Lipinski definition) is 5. The first-order valence-electron chi connectivity index (χ1n) is 9.50. The van der Waals surface area contributed by atoms with Gasteiger partial charge >= 0.3 is 5.97 Å². The number of benzene rings is 1. The summed E-state index contributed by atoms with van der Waals surface area (Å²) in [4.78, 5) is 26.9. The molecule has 7 nitrogen and oxygen atoms in total. The number of rotatable bonds is 6. The highest BCUT2D eigenvalue weighted by Crippen LogP contribution is 2.34. The molecule has 0 N–H and O–H groups in total. The monoisotopic (exact) mass is 410 g/mol. The Morgan fingerprint density at radius 3 is 2.21 bits per heavy atom. The lowest BCUT2D eigenvalue weighted by Gasteiger charge is -2.32. The van der Waals surface area contributed by atoms with E-state index in [9.17, 15) is 18.0 Å². The van der Waals surface area contributed by atoms with Gasteiger partial charge in [0.1, 0.15) is 0 Å². The molecule has 1 amide bonds. The molecule has 1 aromatic rings. The van der Waals surface area contributed by atoms with Gasteiger partial charge in [0.25, 0.3) is 5.91 Å². The van der Waals surface area contributed by atoms with Crippen molar-refractivity contribution in [3.8, 4) is 0 Å². The number of carbonyl (C=O) groups is 2. The van der Waals surface area contributed by atoms with Gasteiger partial charge in [-0.25, -0.2) is 13.2 Å². The van der Waals surface area contributed by atoms with Crippen LogP contribution < -0.4 is 4.31 Å². The molecule has 0 aromatic heterocycles. The molecule has 2 atom stereocenters. The molecule has 1 heterocycles. The molecule has 1 aliphatic rings. The lowest BCUT2D eigenvalue weighted by molar-refractivity contribution is -0.143. The van der Waals surface area contributed by atoms with Gasteiger partial charge in [-0.2, -0.15) is 0 Å². The van der Waals surface area contributed by atoms with Crippen LogP contribution in [0.5, 0.6) is 0 Å². The summed E-state index contributed by atoms with van der Waals surface area (Å²) in [6.45, 7) is 11.1. The largest absolute Gasteiger partial charge is 0.449 e. The zero-order valence-corrected chi connectivity index (χ0v) is 18.4. The van der Waals surface area contributed by atoms with Gasteiger partial charge in [-0.15, -0.1) is 0 Å². The number of fused-ring (bicyclic) bond motifs is 1. The zero-order valence-electron chi connectivity index (χ0n) is 17.6. The van der Waals surface area contributed by atoms with E-state index in [4.69, 9.17) is 4.74 Å². The van der Waals surface area contributed by atoms with Gasteiger partial charge in [0.15, 0.2) is 6.10 Å². The van der Waals surface area contributed by atoms with Crippen molar-refractivity contribution >= 4 is 27.6 Å². The van der Waals surface area contributed by atoms with Crippen LogP contribution in [0.25, 0.3) is 0 Å². The van der Waals surface area contributed by atoms with Gasteiger partial charge in [-0.05, 0) is 71.7 Å². The molecule has 0 unspecified atom stereocenters. The van der Waals surface area contributed by atoms with E-state index < -0.39 is 22.1 Å². The van der Waals surface area contributed by atoms with Crippen molar-refractivity contribution in [2.75, 3.05) is 10.6 Å². The van der Waals surface area contributed by atoms with Crippen molar-refractivity contribution < 1.29 is 22.7 Å². The lowest BCUT2D eigenvalue weighted by atomic mass is 10.1. The summed E-state index contributed by atoms with van der Waals surface area (Å²) in [5.74, 6) is -0.835. The minimum absolute atomic E-state index is 0.00268. The second kappa shape index (κ2) is 8.11. The smallest absolute Gasteiger partial charge is 0.338 e. The SMILES string of the molecule is CC(C)N(C(=O)[C@H](C)OC(=O)c1ccc2c(c1)C[C@H](C)N2S(C)(=O)=O)C(C)C. The van der Waals surface area contributed by atoms with Crippen LogP contribution in [0.15, 0.2) is 18.2 Å². The average Bonchev–Trinajstić information content (AvgIpc) is 2.88. The number of amides is 1. The minimum Gasteiger partial charge on any atom is -0.449 e. The van der Waals surface area contributed by atoms with E-state index in [1.165, 1.54) is 16.6 Å². The number of hydrogen-bond donors (Lipinski definition) is 0. The number of carbonyl (C=O) groups excluding carboxylic acids is 2. The van der Waals surface area contributed by atoms with E-state index in [0.29, 0.717) is 17.7 Å². The number of ether oxygens (including phenoxy) is 1. The van der Waals surface area contributed by atoms with Crippen LogP contribution in [0.3, 0.4) is 0 Å². The molecule has 0 saturated carbocycles. The summed E-state index contributed by atoms with van der Waals surface area (Å²) in [5.41, 5.74) is 1.67. The van der Waals surface area contributed by atoms with Crippen molar-refractivity contribution in [3.05, 3.63) is 29.3 Å². The Hall–Kier alpha value is -2.09. The first-order valence-corrected chi connectivity index (χ1v) is 11.3. The normalized spacial score (nSPS) is 17.6. The van der Waals surface area contributed by atoms with E-state index in [1.807, 2.05) is 34.6 Å². The molecule has 0 fully saturated rings. The van der Waals surface area contributed by atoms with Gasteiger partial charge in [-0.1, -0.05) is 0 Å². The molecule has 1 aliphatic heterocycles.